The van der Waals surface area contributed by atoms with E-state index in [9.17, 15) is 0 Å². The van der Waals surface area contributed by atoms with E-state index in [2.05, 4.69) is 31.6 Å². The smallest absolute Gasteiger partial charge is 0.142 e. The summed E-state index contributed by atoms with van der Waals surface area (Å²) in [6.45, 7) is 0. The van der Waals surface area contributed by atoms with E-state index in [1.807, 2.05) is 12.3 Å². The van der Waals surface area contributed by atoms with E-state index in [0.29, 0.717) is 12.1 Å². The van der Waals surface area contributed by atoms with Crippen LogP contribution >= 0.6 is 0 Å². The normalized spacial score (nSPS) is 23.6. The number of H-pyrrole nitrogens is 1. The molecule has 90 valence electrons. The predicted molar refractivity (Wildman–Crippen MR) is 69.6 cm³/mol. The summed E-state index contributed by atoms with van der Waals surface area (Å²) >= 11 is 4.85. The van der Waals surface area contributed by atoms with Crippen molar-refractivity contribution in [1.82, 2.24) is 19.7 Å². The number of aromatic nitrogens is 3. The van der Waals surface area contributed by atoms with E-state index in [1.54, 1.807) is 6.33 Å². The summed E-state index contributed by atoms with van der Waals surface area (Å²) in [6, 6.07) is 3.01. The molecule has 1 fully saturated rings. The molecule has 0 spiro atoms. The molecule has 6 heteroatoms. The fourth-order valence-corrected chi connectivity index (χ4v) is 2.51. The monoisotopic (exact) mass is 248 g/mol. The molecule has 5 nitrogen and oxygen atoms in total. The molecule has 0 bridgehead atoms. The van der Waals surface area contributed by atoms with Gasteiger partial charge in [0.1, 0.15) is 17.8 Å². The number of nitrogens with one attached hydrogen (secondary N) is 2. The molecule has 3 rings (SSSR count). The zero-order chi connectivity index (χ0) is 11.8. The van der Waals surface area contributed by atoms with Gasteiger partial charge in [0.15, 0.2) is 0 Å². The van der Waals surface area contributed by atoms with Crippen LogP contribution in [0.4, 0.5) is 5.82 Å². The van der Waals surface area contributed by atoms with Crippen LogP contribution in [0.1, 0.15) is 12.8 Å². The van der Waals surface area contributed by atoms with Gasteiger partial charge in [-0.15, -0.1) is 0 Å². The molecule has 2 aromatic rings. The number of anilines is 1. The summed E-state index contributed by atoms with van der Waals surface area (Å²) in [5, 5.41) is 1.07. The highest BCUT2D eigenvalue weighted by Crippen LogP contribution is 2.30. The minimum atomic E-state index is 0.473. The number of nitrogens with zero attached hydrogens (tertiary/aromatic N) is 3. The standard InChI is InChI=1S/C11H14N5S/c1-16(8-4-7(5-8)15-17)11-9-2-3-12-10(9)13-6-14-11/h2-3,6-8,15H,4-5H2,1H3,(H,12,13,14)/q-1. The molecule has 0 atom stereocenters. The molecule has 1 aliphatic carbocycles. The molecule has 0 radical (unpaired) electrons. The molecule has 2 heterocycles. The molecule has 1 saturated carbocycles. The SMILES string of the molecule is CN(c1ncnc2[nH]ccc12)C1CC(N[S-])C1. The Kier molecular flexibility index (Phi) is 2.68. The van der Waals surface area contributed by atoms with Crippen molar-refractivity contribution in [2.24, 2.45) is 0 Å². The Balaban J connectivity index is 1.86. The highest BCUT2D eigenvalue weighted by molar-refractivity contribution is 7.56. The van der Waals surface area contributed by atoms with Crippen LogP contribution in [-0.4, -0.2) is 34.1 Å². The second-order valence-corrected chi connectivity index (χ2v) is 4.72. The van der Waals surface area contributed by atoms with Gasteiger partial charge in [0, 0.05) is 19.3 Å². The second kappa shape index (κ2) is 4.19. The molecule has 0 saturated heterocycles. The first-order chi connectivity index (χ1) is 8.29. The van der Waals surface area contributed by atoms with E-state index >= 15 is 0 Å². The lowest BCUT2D eigenvalue weighted by Gasteiger charge is -2.44. The van der Waals surface area contributed by atoms with Crippen molar-refractivity contribution < 1.29 is 0 Å². The van der Waals surface area contributed by atoms with Crippen LogP contribution in [0.5, 0.6) is 0 Å². The van der Waals surface area contributed by atoms with Crippen LogP contribution in [0.2, 0.25) is 0 Å². The summed E-state index contributed by atoms with van der Waals surface area (Å²) in [5.41, 5.74) is 0.888. The summed E-state index contributed by atoms with van der Waals surface area (Å²) in [6.07, 6.45) is 5.66. The van der Waals surface area contributed by atoms with Crippen LogP contribution in [0.3, 0.4) is 0 Å². The van der Waals surface area contributed by atoms with Gasteiger partial charge in [0.05, 0.1) is 5.39 Å². The van der Waals surface area contributed by atoms with E-state index in [1.165, 1.54) is 0 Å². The lowest BCUT2D eigenvalue weighted by molar-refractivity contribution is 0.323. The lowest BCUT2D eigenvalue weighted by Crippen LogP contribution is -2.50. The van der Waals surface area contributed by atoms with Crippen LogP contribution in [0, 0.1) is 0 Å². The molecular formula is C11H14N5S-. The second-order valence-electron chi connectivity index (χ2n) is 4.49. The molecule has 0 aliphatic heterocycles. The Labute approximate surface area is 105 Å². The zero-order valence-electron chi connectivity index (χ0n) is 9.55. The number of fused-ring (bicyclic) bond motifs is 1. The van der Waals surface area contributed by atoms with Crippen LogP contribution < -0.4 is 9.62 Å². The largest absolute Gasteiger partial charge is 0.705 e. The maximum Gasteiger partial charge on any atom is 0.142 e. The average molecular weight is 248 g/mol. The Bertz CT molecular complexity index is 519. The molecular weight excluding hydrogens is 234 g/mol. The van der Waals surface area contributed by atoms with E-state index in [0.717, 1.165) is 29.7 Å². The summed E-state index contributed by atoms with van der Waals surface area (Å²) in [5.74, 6) is 0.990. The highest BCUT2D eigenvalue weighted by Gasteiger charge is 2.30. The quantitative estimate of drug-likeness (QED) is 0.793. The van der Waals surface area contributed by atoms with Crippen molar-refractivity contribution in [2.75, 3.05) is 11.9 Å². The van der Waals surface area contributed by atoms with E-state index in [-0.39, 0.29) is 0 Å². The third-order valence-electron chi connectivity index (χ3n) is 3.49. The Morgan fingerprint density at radius 2 is 2.29 bits per heavy atom. The maximum absolute atomic E-state index is 4.85. The van der Waals surface area contributed by atoms with Crippen molar-refractivity contribution >= 4 is 29.7 Å². The first-order valence-corrected chi connectivity index (χ1v) is 6.09. The first kappa shape index (κ1) is 10.9. The maximum atomic E-state index is 4.85. The van der Waals surface area contributed by atoms with Gasteiger partial charge in [-0.05, 0) is 24.9 Å². The van der Waals surface area contributed by atoms with Gasteiger partial charge in [-0.1, -0.05) is 0 Å². The first-order valence-electron chi connectivity index (χ1n) is 5.68. The number of rotatable bonds is 3. The van der Waals surface area contributed by atoms with Crippen molar-refractivity contribution in [2.45, 2.75) is 24.9 Å². The molecule has 0 amide bonds. The lowest BCUT2D eigenvalue weighted by atomic mass is 9.86. The van der Waals surface area contributed by atoms with Crippen LogP contribution in [-0.2, 0) is 12.8 Å². The highest BCUT2D eigenvalue weighted by atomic mass is 32.1. The van der Waals surface area contributed by atoms with E-state index in [4.69, 9.17) is 12.8 Å². The molecule has 2 aromatic heterocycles. The molecule has 1 aliphatic rings. The van der Waals surface area contributed by atoms with Gasteiger partial charge in [0.25, 0.3) is 0 Å². The third kappa shape index (κ3) is 1.77. The van der Waals surface area contributed by atoms with Gasteiger partial charge in [-0.3, -0.25) is 0 Å². The van der Waals surface area contributed by atoms with E-state index < -0.39 is 0 Å². The van der Waals surface area contributed by atoms with Crippen molar-refractivity contribution in [3.8, 4) is 0 Å². The predicted octanol–water partition coefficient (Wildman–Crippen LogP) is 0.977. The summed E-state index contributed by atoms with van der Waals surface area (Å²) in [4.78, 5) is 13.9. The molecule has 0 aromatic carbocycles. The molecule has 2 N–H and O–H groups in total. The Morgan fingerprint density at radius 3 is 3.06 bits per heavy atom. The van der Waals surface area contributed by atoms with Gasteiger partial charge in [0.2, 0.25) is 0 Å². The fraction of sp³-hybridized carbons (Fsp3) is 0.455. The number of hydrogen-bond acceptors (Lipinski definition) is 5. The summed E-state index contributed by atoms with van der Waals surface area (Å²) in [7, 11) is 2.08. The van der Waals surface area contributed by atoms with Crippen molar-refractivity contribution in [3.63, 3.8) is 0 Å². The zero-order valence-corrected chi connectivity index (χ0v) is 10.4. The fourth-order valence-electron chi connectivity index (χ4n) is 2.31. The Hall–Kier alpha value is -1.27. The van der Waals surface area contributed by atoms with Gasteiger partial charge >= 0.3 is 0 Å². The number of aromatic amines is 1. The van der Waals surface area contributed by atoms with Crippen LogP contribution in [0.25, 0.3) is 11.0 Å². The van der Waals surface area contributed by atoms with Gasteiger partial charge < -0.3 is 27.4 Å². The minimum Gasteiger partial charge on any atom is -0.705 e. The van der Waals surface area contributed by atoms with Gasteiger partial charge in [-0.25, -0.2) is 9.97 Å². The van der Waals surface area contributed by atoms with Crippen LogP contribution in [0.15, 0.2) is 18.6 Å². The average Bonchev–Trinajstić information content (AvgIpc) is 2.74. The Morgan fingerprint density at radius 1 is 1.47 bits per heavy atom. The van der Waals surface area contributed by atoms with Crippen molar-refractivity contribution in [1.29, 1.82) is 0 Å². The van der Waals surface area contributed by atoms with Crippen molar-refractivity contribution in [3.05, 3.63) is 18.6 Å². The third-order valence-corrected chi connectivity index (χ3v) is 3.83. The summed E-state index contributed by atoms with van der Waals surface area (Å²) < 4.78 is 2.89. The minimum absolute atomic E-state index is 0.473. The molecule has 17 heavy (non-hydrogen) atoms. The topological polar surface area (TPSA) is 56.8 Å². The number of hydrogen-bond donors (Lipinski definition) is 2. The van der Waals surface area contributed by atoms with Gasteiger partial charge in [-0.2, -0.15) is 0 Å². The molecule has 0 unspecified atom stereocenters.